The third-order valence-corrected chi connectivity index (χ3v) is 7.38. The minimum Gasteiger partial charge on any atom is -0.283 e. The topological polar surface area (TPSA) is 119 Å². The Morgan fingerprint density at radius 3 is 2.24 bits per heavy atom. The third-order valence-electron chi connectivity index (χ3n) is 6.85. The summed E-state index contributed by atoms with van der Waals surface area (Å²) < 4.78 is 5.40. The first-order valence-corrected chi connectivity index (χ1v) is 13.4. The molecule has 0 aliphatic carbocycles. The summed E-state index contributed by atoms with van der Waals surface area (Å²) in [7, 11) is 1.77. The molecule has 3 heterocycles. The van der Waals surface area contributed by atoms with Gasteiger partial charge >= 0.3 is 5.91 Å². The zero-order valence-electron chi connectivity index (χ0n) is 22.2. The Hall–Kier alpha value is -5.10. The van der Waals surface area contributed by atoms with E-state index in [1.165, 1.54) is 9.25 Å². The Balaban J connectivity index is 1.42. The van der Waals surface area contributed by atoms with Gasteiger partial charge in [-0.15, -0.1) is 0 Å². The van der Waals surface area contributed by atoms with Gasteiger partial charge in [-0.2, -0.15) is 15.2 Å². The average molecular weight is 611 g/mol. The average Bonchev–Trinajstić information content (AvgIpc) is 3.38. The second-order valence-electron chi connectivity index (χ2n) is 9.36. The summed E-state index contributed by atoms with van der Waals surface area (Å²) >= 11 is 3.41. The van der Waals surface area contributed by atoms with E-state index in [0.29, 0.717) is 33.7 Å². The van der Waals surface area contributed by atoms with Crippen LogP contribution in [0.3, 0.4) is 0 Å². The van der Waals surface area contributed by atoms with Crippen LogP contribution >= 0.6 is 15.9 Å². The number of carbonyl (C=O) groups excluding carboxylic acids is 1. The van der Waals surface area contributed by atoms with Crippen molar-refractivity contribution < 1.29 is 4.79 Å². The van der Waals surface area contributed by atoms with Crippen molar-refractivity contribution in [1.29, 1.82) is 0 Å². The first-order valence-electron chi connectivity index (χ1n) is 12.6. The van der Waals surface area contributed by atoms with Gasteiger partial charge in [0, 0.05) is 11.5 Å². The Labute approximate surface area is 241 Å². The lowest BCUT2D eigenvalue weighted by atomic mass is 10.2. The third kappa shape index (κ3) is 4.38. The normalized spacial score (nSPS) is 14.2. The number of benzene rings is 3. The lowest BCUT2D eigenvalue weighted by molar-refractivity contribution is -0.112. The van der Waals surface area contributed by atoms with Crippen LogP contribution < -0.4 is 21.6 Å². The van der Waals surface area contributed by atoms with Crippen molar-refractivity contribution >= 4 is 55.8 Å². The first kappa shape index (κ1) is 26.1. The van der Waals surface area contributed by atoms with Crippen LogP contribution in [0.25, 0.3) is 22.3 Å². The fourth-order valence-corrected chi connectivity index (χ4v) is 4.92. The summed E-state index contributed by atoms with van der Waals surface area (Å²) in [6, 6.07) is 23.2. The molecule has 6 rings (SSSR count). The highest BCUT2D eigenvalue weighted by atomic mass is 79.9. The molecule has 1 amide bonds. The number of rotatable bonds is 5. The largest absolute Gasteiger partial charge is 0.303 e. The monoisotopic (exact) mass is 610 g/mol. The molecule has 0 atom stereocenters. The smallest absolute Gasteiger partial charge is 0.283 e. The Bertz CT molecular complexity index is 2020. The molecular weight excluding hydrogens is 588 g/mol. The maximum atomic E-state index is 13.7. The standard InChI is InChI=1S/C29H23BrN8O3/c1-17-24(32-33-25-18(2)35(3)38(28(25)41)21-9-5-4-6-10-21)27(40)37(34-17)29-31-23-12-8-7-11-22(23)26(39)36(29)20-15-13-19(30)14-16-20/h4-16,33H,1-3H3/b32-24-. The highest BCUT2D eigenvalue weighted by molar-refractivity contribution is 9.10. The van der Waals surface area contributed by atoms with Gasteiger partial charge in [-0.1, -0.05) is 46.3 Å². The number of nitrogens with one attached hydrogen (secondary N) is 1. The van der Waals surface area contributed by atoms with Crippen molar-refractivity contribution in [2.24, 2.45) is 17.3 Å². The van der Waals surface area contributed by atoms with E-state index in [0.717, 1.165) is 9.48 Å². The number of anilines is 2. The van der Waals surface area contributed by atoms with E-state index in [1.807, 2.05) is 30.3 Å². The number of hydrogen-bond donors (Lipinski definition) is 1. The zero-order valence-corrected chi connectivity index (χ0v) is 23.8. The highest BCUT2D eigenvalue weighted by Gasteiger charge is 2.34. The van der Waals surface area contributed by atoms with Crippen molar-refractivity contribution in [2.45, 2.75) is 13.8 Å². The van der Waals surface area contributed by atoms with Crippen LogP contribution in [0.2, 0.25) is 0 Å². The predicted molar refractivity (Wildman–Crippen MR) is 162 cm³/mol. The van der Waals surface area contributed by atoms with Crippen molar-refractivity contribution in [3.8, 4) is 11.4 Å². The lowest BCUT2D eigenvalue weighted by Crippen LogP contribution is -2.34. The number of para-hydroxylation sites is 2. The Morgan fingerprint density at radius 1 is 0.829 bits per heavy atom. The van der Waals surface area contributed by atoms with E-state index in [1.54, 1.807) is 74.1 Å². The number of carbonyl (C=O) groups is 1. The fraction of sp³-hybridized carbons (Fsp3) is 0.103. The maximum Gasteiger partial charge on any atom is 0.303 e. The number of nitrogens with zero attached hydrogens (tertiary/aromatic N) is 7. The molecule has 5 aromatic rings. The van der Waals surface area contributed by atoms with Gasteiger partial charge in [0.05, 0.1) is 33.7 Å². The second-order valence-corrected chi connectivity index (χ2v) is 10.3. The van der Waals surface area contributed by atoms with Crippen LogP contribution in [-0.2, 0) is 11.8 Å². The van der Waals surface area contributed by atoms with Gasteiger partial charge in [0.2, 0.25) is 5.95 Å². The molecule has 3 aromatic carbocycles. The quantitative estimate of drug-likeness (QED) is 0.300. The Kier molecular flexibility index (Phi) is 6.46. The molecule has 12 heteroatoms. The van der Waals surface area contributed by atoms with Gasteiger partial charge < -0.3 is 0 Å². The van der Waals surface area contributed by atoms with E-state index < -0.39 is 5.91 Å². The number of halogens is 1. The summed E-state index contributed by atoms with van der Waals surface area (Å²) in [5.41, 5.74) is 4.88. The SMILES string of the molecule is CC1=NN(c2nc3ccccc3c(=O)n2-c2ccc(Br)cc2)C(=O)/C1=N\Nc1c(C)n(C)n(-c2ccccc2)c1=O. The van der Waals surface area contributed by atoms with Gasteiger partial charge in [0.1, 0.15) is 5.69 Å². The van der Waals surface area contributed by atoms with Crippen molar-refractivity contribution in [1.82, 2.24) is 18.9 Å². The first-order chi connectivity index (χ1) is 19.8. The van der Waals surface area contributed by atoms with E-state index in [4.69, 9.17) is 0 Å². The molecule has 0 unspecified atom stereocenters. The van der Waals surface area contributed by atoms with Crippen LogP contribution in [0.5, 0.6) is 0 Å². The molecule has 1 aliphatic heterocycles. The van der Waals surface area contributed by atoms with Gasteiger partial charge in [0.25, 0.3) is 11.1 Å². The molecule has 2 aromatic heterocycles. The fourth-order valence-electron chi connectivity index (χ4n) is 4.66. The molecule has 1 aliphatic rings. The molecule has 11 nitrogen and oxygen atoms in total. The Morgan fingerprint density at radius 2 is 1.51 bits per heavy atom. The van der Waals surface area contributed by atoms with E-state index >= 15 is 0 Å². The van der Waals surface area contributed by atoms with E-state index in [9.17, 15) is 14.4 Å². The predicted octanol–water partition coefficient (Wildman–Crippen LogP) is 4.14. The summed E-state index contributed by atoms with van der Waals surface area (Å²) in [6.45, 7) is 3.41. The molecule has 0 bridgehead atoms. The lowest BCUT2D eigenvalue weighted by Gasteiger charge is -2.18. The summed E-state index contributed by atoms with van der Waals surface area (Å²) in [5, 5.41) is 10.2. The molecule has 0 saturated heterocycles. The molecule has 41 heavy (non-hydrogen) atoms. The number of fused-ring (bicyclic) bond motifs is 1. The molecule has 0 spiro atoms. The summed E-state index contributed by atoms with van der Waals surface area (Å²) in [6.07, 6.45) is 0. The van der Waals surface area contributed by atoms with Gasteiger partial charge in [-0.05, 0) is 62.4 Å². The number of amides is 1. The van der Waals surface area contributed by atoms with Crippen molar-refractivity contribution in [3.05, 3.63) is 110 Å². The molecule has 0 fully saturated rings. The van der Waals surface area contributed by atoms with Gasteiger partial charge in [-0.3, -0.25) is 24.5 Å². The summed E-state index contributed by atoms with van der Waals surface area (Å²) in [5.74, 6) is -0.576. The highest BCUT2D eigenvalue weighted by Crippen LogP contribution is 2.24. The van der Waals surface area contributed by atoms with Crippen LogP contribution in [0.1, 0.15) is 12.6 Å². The second kappa shape index (κ2) is 10.1. The van der Waals surface area contributed by atoms with Crippen LogP contribution in [-0.4, -0.2) is 36.2 Å². The molecular formula is C29H23BrN8O3. The van der Waals surface area contributed by atoms with Gasteiger partial charge in [0.15, 0.2) is 5.71 Å². The van der Waals surface area contributed by atoms with Crippen LogP contribution in [0.15, 0.2) is 103 Å². The van der Waals surface area contributed by atoms with E-state index in [-0.39, 0.29) is 28.5 Å². The summed E-state index contributed by atoms with van der Waals surface area (Å²) in [4.78, 5) is 45.2. The van der Waals surface area contributed by atoms with Crippen LogP contribution in [0.4, 0.5) is 11.6 Å². The molecule has 0 saturated carbocycles. The minimum atomic E-state index is -0.597. The number of hydrazone groups is 2. The van der Waals surface area contributed by atoms with Crippen molar-refractivity contribution in [3.63, 3.8) is 0 Å². The van der Waals surface area contributed by atoms with Crippen molar-refractivity contribution in [2.75, 3.05) is 10.4 Å². The van der Waals surface area contributed by atoms with Gasteiger partial charge in [-0.25, -0.2) is 14.2 Å². The molecule has 204 valence electrons. The zero-order chi connectivity index (χ0) is 28.8. The molecule has 1 N–H and O–H groups in total. The van der Waals surface area contributed by atoms with Crippen LogP contribution in [0, 0.1) is 6.92 Å². The maximum absolute atomic E-state index is 13.7. The molecule has 0 radical (unpaired) electrons. The minimum absolute atomic E-state index is 0.0105. The van der Waals surface area contributed by atoms with E-state index in [2.05, 4.69) is 36.5 Å². The number of hydrogen-bond acceptors (Lipinski definition) is 7. The number of aromatic nitrogens is 4.